The van der Waals surface area contributed by atoms with Gasteiger partial charge in [-0.05, 0) is 80.0 Å². The molecule has 0 bridgehead atoms. The second kappa shape index (κ2) is 9.01. The summed E-state index contributed by atoms with van der Waals surface area (Å²) in [5, 5.41) is 3.11. The molecule has 0 radical (unpaired) electrons. The van der Waals surface area contributed by atoms with E-state index >= 15 is 0 Å². The van der Waals surface area contributed by atoms with Crippen LogP contribution in [0.2, 0.25) is 0 Å². The lowest BCUT2D eigenvalue weighted by atomic mass is 9.97. The SMILES string of the molecule is COc1ccc(S(=O)(=O)N2CCC[C@H](C(=O)N[C@H](C)c3ccc4c(c3)CCC4)C2)cc1. The predicted octanol–water partition coefficient (Wildman–Crippen LogP) is 3.46. The van der Waals surface area contributed by atoms with Crippen molar-refractivity contribution in [3.8, 4) is 5.75 Å². The lowest BCUT2D eigenvalue weighted by Crippen LogP contribution is -2.45. The van der Waals surface area contributed by atoms with Gasteiger partial charge in [-0.1, -0.05) is 18.2 Å². The summed E-state index contributed by atoms with van der Waals surface area (Å²) in [4.78, 5) is 13.2. The van der Waals surface area contributed by atoms with E-state index < -0.39 is 10.0 Å². The Hall–Kier alpha value is -2.38. The predicted molar refractivity (Wildman–Crippen MR) is 120 cm³/mol. The smallest absolute Gasteiger partial charge is 0.243 e. The fourth-order valence-electron chi connectivity index (χ4n) is 4.55. The monoisotopic (exact) mass is 442 g/mol. The Bertz CT molecular complexity index is 1050. The minimum Gasteiger partial charge on any atom is -0.497 e. The van der Waals surface area contributed by atoms with Crippen LogP contribution in [0, 0.1) is 5.92 Å². The van der Waals surface area contributed by atoms with Gasteiger partial charge in [0, 0.05) is 13.1 Å². The van der Waals surface area contributed by atoms with Gasteiger partial charge in [0.15, 0.2) is 0 Å². The molecule has 2 aromatic rings. The van der Waals surface area contributed by atoms with Crippen molar-refractivity contribution in [2.24, 2.45) is 5.92 Å². The topological polar surface area (TPSA) is 75.7 Å². The van der Waals surface area contributed by atoms with Gasteiger partial charge in [0.25, 0.3) is 0 Å². The Morgan fingerprint density at radius 2 is 1.84 bits per heavy atom. The van der Waals surface area contributed by atoms with Gasteiger partial charge in [-0.2, -0.15) is 4.31 Å². The molecule has 1 aliphatic carbocycles. The fourth-order valence-corrected chi connectivity index (χ4v) is 6.07. The number of carbonyl (C=O) groups is 1. The Morgan fingerprint density at radius 1 is 1.10 bits per heavy atom. The van der Waals surface area contributed by atoms with Crippen LogP contribution in [0.3, 0.4) is 0 Å². The molecule has 6 nitrogen and oxygen atoms in total. The van der Waals surface area contributed by atoms with Gasteiger partial charge in [0.05, 0.1) is 24.0 Å². The number of hydrogen-bond acceptors (Lipinski definition) is 4. The number of nitrogens with one attached hydrogen (secondary N) is 1. The standard InChI is InChI=1S/C24H30N2O4S/c1-17(19-9-8-18-5-3-6-20(18)15-19)25-24(27)21-7-4-14-26(16-21)31(28,29)23-12-10-22(30-2)11-13-23/h8-13,15,17,21H,3-7,14,16H2,1-2H3,(H,25,27)/t17-,21+/m1/s1. The maximum absolute atomic E-state index is 13.1. The van der Waals surface area contributed by atoms with Crippen molar-refractivity contribution in [3.63, 3.8) is 0 Å². The number of aryl methyl sites for hydroxylation is 2. The molecule has 1 aliphatic heterocycles. The van der Waals surface area contributed by atoms with Crippen LogP contribution in [-0.4, -0.2) is 38.8 Å². The van der Waals surface area contributed by atoms with Crippen molar-refractivity contribution in [2.45, 2.75) is 50.0 Å². The summed E-state index contributed by atoms with van der Waals surface area (Å²) in [6.45, 7) is 2.62. The van der Waals surface area contributed by atoms with E-state index in [0.29, 0.717) is 25.1 Å². The lowest BCUT2D eigenvalue weighted by molar-refractivity contribution is -0.126. The van der Waals surface area contributed by atoms with Crippen LogP contribution in [-0.2, 0) is 27.7 Å². The number of ether oxygens (including phenoxy) is 1. The summed E-state index contributed by atoms with van der Waals surface area (Å²) < 4.78 is 32.7. The number of hydrogen-bond donors (Lipinski definition) is 1. The summed E-state index contributed by atoms with van der Waals surface area (Å²) in [7, 11) is -2.10. The van der Waals surface area contributed by atoms with E-state index in [1.807, 2.05) is 6.92 Å². The highest BCUT2D eigenvalue weighted by Crippen LogP contribution is 2.28. The average Bonchev–Trinajstić information content (AvgIpc) is 3.27. The normalized spacial score (nSPS) is 20.1. The van der Waals surface area contributed by atoms with Crippen LogP contribution in [0.15, 0.2) is 47.4 Å². The molecule has 0 aromatic heterocycles. The highest BCUT2D eigenvalue weighted by molar-refractivity contribution is 7.89. The molecule has 31 heavy (non-hydrogen) atoms. The first-order chi connectivity index (χ1) is 14.9. The number of fused-ring (bicyclic) bond motifs is 1. The Labute approximate surface area is 184 Å². The van der Waals surface area contributed by atoms with Crippen molar-refractivity contribution < 1.29 is 17.9 Å². The zero-order valence-corrected chi connectivity index (χ0v) is 19.0. The molecule has 7 heteroatoms. The molecule has 1 fully saturated rings. The lowest BCUT2D eigenvalue weighted by Gasteiger charge is -2.32. The van der Waals surface area contributed by atoms with Crippen molar-refractivity contribution in [3.05, 3.63) is 59.2 Å². The quantitative estimate of drug-likeness (QED) is 0.743. The summed E-state index contributed by atoms with van der Waals surface area (Å²) in [5.41, 5.74) is 3.90. The number of amides is 1. The number of sulfonamides is 1. The van der Waals surface area contributed by atoms with E-state index in [1.54, 1.807) is 31.4 Å². The van der Waals surface area contributed by atoms with Gasteiger partial charge in [-0.15, -0.1) is 0 Å². The molecule has 2 aromatic carbocycles. The first kappa shape index (κ1) is 21.8. The number of nitrogens with zero attached hydrogens (tertiary/aromatic N) is 1. The largest absolute Gasteiger partial charge is 0.497 e. The maximum atomic E-state index is 13.1. The molecular weight excluding hydrogens is 412 g/mol. The Balaban J connectivity index is 1.42. The second-order valence-electron chi connectivity index (χ2n) is 8.49. The Morgan fingerprint density at radius 3 is 2.58 bits per heavy atom. The molecule has 2 aliphatic rings. The molecule has 1 heterocycles. The van der Waals surface area contributed by atoms with E-state index in [-0.39, 0.29) is 29.3 Å². The number of benzene rings is 2. The molecule has 0 spiro atoms. The summed E-state index contributed by atoms with van der Waals surface area (Å²) >= 11 is 0. The third kappa shape index (κ3) is 4.62. The second-order valence-corrected chi connectivity index (χ2v) is 10.4. The van der Waals surface area contributed by atoms with Crippen molar-refractivity contribution in [1.29, 1.82) is 0 Å². The van der Waals surface area contributed by atoms with Crippen LogP contribution in [0.5, 0.6) is 5.75 Å². The van der Waals surface area contributed by atoms with Crippen LogP contribution < -0.4 is 10.1 Å². The van der Waals surface area contributed by atoms with E-state index in [0.717, 1.165) is 18.4 Å². The van der Waals surface area contributed by atoms with Gasteiger partial charge in [0.1, 0.15) is 5.75 Å². The number of rotatable bonds is 6. The van der Waals surface area contributed by atoms with Crippen LogP contribution in [0.1, 0.15) is 48.9 Å². The molecule has 0 saturated carbocycles. The highest BCUT2D eigenvalue weighted by atomic mass is 32.2. The summed E-state index contributed by atoms with van der Waals surface area (Å²) in [6, 6.07) is 12.7. The van der Waals surface area contributed by atoms with E-state index in [9.17, 15) is 13.2 Å². The summed E-state index contributed by atoms with van der Waals surface area (Å²) in [6.07, 6.45) is 4.79. The maximum Gasteiger partial charge on any atom is 0.243 e. The first-order valence-corrected chi connectivity index (χ1v) is 12.4. The van der Waals surface area contributed by atoms with Gasteiger partial charge >= 0.3 is 0 Å². The van der Waals surface area contributed by atoms with Gasteiger partial charge in [-0.25, -0.2) is 8.42 Å². The van der Waals surface area contributed by atoms with E-state index in [1.165, 1.54) is 21.9 Å². The van der Waals surface area contributed by atoms with Crippen LogP contribution in [0.4, 0.5) is 0 Å². The molecule has 166 valence electrons. The zero-order valence-electron chi connectivity index (χ0n) is 18.1. The third-order valence-electron chi connectivity index (χ3n) is 6.43. The molecular formula is C24H30N2O4S. The summed E-state index contributed by atoms with van der Waals surface area (Å²) in [5.74, 6) is 0.177. The highest BCUT2D eigenvalue weighted by Gasteiger charge is 2.33. The minimum absolute atomic E-state index is 0.0809. The molecule has 4 rings (SSSR count). The number of carbonyl (C=O) groups excluding carboxylic acids is 1. The van der Waals surface area contributed by atoms with Crippen molar-refractivity contribution in [2.75, 3.05) is 20.2 Å². The van der Waals surface area contributed by atoms with Gasteiger partial charge in [0.2, 0.25) is 15.9 Å². The third-order valence-corrected chi connectivity index (χ3v) is 8.31. The molecule has 2 atom stereocenters. The van der Waals surface area contributed by atoms with Crippen LogP contribution in [0.25, 0.3) is 0 Å². The van der Waals surface area contributed by atoms with Crippen molar-refractivity contribution in [1.82, 2.24) is 9.62 Å². The zero-order chi connectivity index (χ0) is 22.0. The Kier molecular flexibility index (Phi) is 6.34. The molecule has 1 amide bonds. The minimum atomic E-state index is -3.64. The number of methoxy groups -OCH3 is 1. The molecule has 1 N–H and O–H groups in total. The van der Waals surface area contributed by atoms with Gasteiger partial charge in [-0.3, -0.25) is 4.79 Å². The number of piperidine rings is 1. The molecule has 0 unspecified atom stereocenters. The first-order valence-electron chi connectivity index (χ1n) is 10.9. The van der Waals surface area contributed by atoms with E-state index in [2.05, 4.69) is 23.5 Å². The fraction of sp³-hybridized carbons (Fsp3) is 0.458. The van der Waals surface area contributed by atoms with Gasteiger partial charge < -0.3 is 10.1 Å². The van der Waals surface area contributed by atoms with E-state index in [4.69, 9.17) is 4.74 Å². The van der Waals surface area contributed by atoms with Crippen molar-refractivity contribution >= 4 is 15.9 Å². The molecule has 1 saturated heterocycles. The average molecular weight is 443 g/mol. The van der Waals surface area contributed by atoms with Crippen LogP contribution >= 0.6 is 0 Å².